The van der Waals surface area contributed by atoms with Crippen molar-refractivity contribution in [2.75, 3.05) is 32.7 Å². The van der Waals surface area contributed by atoms with Crippen molar-refractivity contribution in [3.8, 4) is 0 Å². The van der Waals surface area contributed by atoms with Crippen LogP contribution in [0, 0.1) is 28.1 Å². The Bertz CT molecular complexity index is 503. The highest BCUT2D eigenvalue weighted by molar-refractivity contribution is 5.79. The number of amides is 1. The third-order valence-corrected chi connectivity index (χ3v) is 7.73. The second-order valence-corrected chi connectivity index (χ2v) is 12.3. The third-order valence-electron chi connectivity index (χ3n) is 7.73. The number of piperidine rings is 1. The predicted molar refractivity (Wildman–Crippen MR) is 114 cm³/mol. The molecule has 27 heavy (non-hydrogen) atoms. The summed E-state index contributed by atoms with van der Waals surface area (Å²) in [5.41, 5.74) is 1.36. The van der Waals surface area contributed by atoms with E-state index in [0.717, 1.165) is 31.8 Å². The summed E-state index contributed by atoms with van der Waals surface area (Å²) in [5.74, 6) is 1.57. The lowest BCUT2D eigenvalue weighted by atomic mass is 9.69. The van der Waals surface area contributed by atoms with Crippen LogP contribution in [0.4, 0.5) is 0 Å². The fourth-order valence-corrected chi connectivity index (χ4v) is 5.54. The maximum absolute atomic E-state index is 13.0. The van der Waals surface area contributed by atoms with E-state index in [9.17, 15) is 4.79 Å². The first-order valence-electron chi connectivity index (χ1n) is 11.5. The van der Waals surface area contributed by atoms with Gasteiger partial charge in [-0.2, -0.15) is 0 Å². The van der Waals surface area contributed by atoms with Gasteiger partial charge in [0.25, 0.3) is 0 Å². The summed E-state index contributed by atoms with van der Waals surface area (Å²) in [5, 5.41) is 0. The number of hydrogen-bond acceptors (Lipinski definition) is 2. The fourth-order valence-electron chi connectivity index (χ4n) is 5.54. The summed E-state index contributed by atoms with van der Waals surface area (Å²) >= 11 is 0. The molecule has 1 amide bonds. The zero-order valence-electron chi connectivity index (χ0n) is 18.9. The number of hydrogen-bond donors (Lipinski definition) is 0. The van der Waals surface area contributed by atoms with Crippen LogP contribution in [0.2, 0.25) is 0 Å². The van der Waals surface area contributed by atoms with Crippen molar-refractivity contribution in [3.63, 3.8) is 0 Å². The van der Waals surface area contributed by atoms with Crippen molar-refractivity contribution < 1.29 is 4.79 Å². The number of nitrogens with zero attached hydrogens (tertiary/aromatic N) is 2. The van der Waals surface area contributed by atoms with Crippen molar-refractivity contribution >= 4 is 5.91 Å². The van der Waals surface area contributed by atoms with Gasteiger partial charge in [-0.05, 0) is 73.7 Å². The molecule has 2 heterocycles. The number of carbonyl (C=O) groups is 1. The summed E-state index contributed by atoms with van der Waals surface area (Å²) < 4.78 is 0. The molecule has 0 aromatic carbocycles. The molecule has 0 aromatic heterocycles. The maximum Gasteiger partial charge on any atom is 0.225 e. The fraction of sp³-hybridized carbons (Fsp3) is 0.958. The standard InChI is InChI=1S/C24H44N2O/c1-22(2,3)11-14-25-17-24(18-25)12-15-26(16-13-24)21(27)19-7-9-20(10-8-19)23(4,5)6/h19-20H,7-18H2,1-6H3. The summed E-state index contributed by atoms with van der Waals surface area (Å²) in [6, 6.07) is 0. The largest absolute Gasteiger partial charge is 0.342 e. The topological polar surface area (TPSA) is 23.6 Å². The first kappa shape index (κ1) is 21.1. The van der Waals surface area contributed by atoms with Crippen LogP contribution in [0.5, 0.6) is 0 Å². The van der Waals surface area contributed by atoms with Gasteiger partial charge in [0, 0.05) is 32.1 Å². The average molecular weight is 377 g/mol. The second-order valence-electron chi connectivity index (χ2n) is 12.3. The van der Waals surface area contributed by atoms with Crippen molar-refractivity contribution in [3.05, 3.63) is 0 Å². The Balaban J connectivity index is 1.39. The summed E-state index contributed by atoms with van der Waals surface area (Å²) in [7, 11) is 0. The van der Waals surface area contributed by atoms with Gasteiger partial charge in [0.05, 0.1) is 0 Å². The Labute approximate surface area is 168 Å². The van der Waals surface area contributed by atoms with Gasteiger partial charge in [0.1, 0.15) is 0 Å². The van der Waals surface area contributed by atoms with Crippen molar-refractivity contribution in [1.82, 2.24) is 9.80 Å². The van der Waals surface area contributed by atoms with Crippen LogP contribution in [0.1, 0.15) is 86.5 Å². The highest BCUT2D eigenvalue weighted by Crippen LogP contribution is 2.43. The molecule has 3 aliphatic rings. The maximum atomic E-state index is 13.0. The molecule has 0 N–H and O–H groups in total. The van der Waals surface area contributed by atoms with Crippen LogP contribution in [0.25, 0.3) is 0 Å². The molecule has 3 nitrogen and oxygen atoms in total. The molecule has 3 rings (SSSR count). The second kappa shape index (κ2) is 7.69. The molecule has 3 fully saturated rings. The van der Waals surface area contributed by atoms with Gasteiger partial charge in [-0.15, -0.1) is 0 Å². The predicted octanol–water partition coefficient (Wildman–Crippen LogP) is 5.20. The highest BCUT2D eigenvalue weighted by atomic mass is 16.2. The Kier molecular flexibility index (Phi) is 6.02. The molecule has 156 valence electrons. The summed E-state index contributed by atoms with van der Waals surface area (Å²) in [4.78, 5) is 17.9. The Morgan fingerprint density at radius 1 is 0.926 bits per heavy atom. The molecule has 0 aromatic rings. The molecule has 0 radical (unpaired) electrons. The van der Waals surface area contributed by atoms with Crippen LogP contribution in [0.15, 0.2) is 0 Å². The van der Waals surface area contributed by atoms with E-state index >= 15 is 0 Å². The van der Waals surface area contributed by atoms with Crippen molar-refractivity contribution in [2.45, 2.75) is 86.5 Å². The molecule has 1 saturated carbocycles. The molecule has 1 spiro atoms. The summed E-state index contributed by atoms with van der Waals surface area (Å²) in [6.07, 6.45) is 8.43. The highest BCUT2D eigenvalue weighted by Gasteiger charge is 2.46. The molecule has 2 saturated heterocycles. The molecule has 0 unspecified atom stereocenters. The zero-order valence-corrected chi connectivity index (χ0v) is 18.9. The van der Waals surface area contributed by atoms with Gasteiger partial charge in [-0.25, -0.2) is 0 Å². The number of likely N-dealkylation sites (tertiary alicyclic amines) is 2. The van der Waals surface area contributed by atoms with Gasteiger partial charge in [-0.1, -0.05) is 41.5 Å². The molecular weight excluding hydrogens is 332 g/mol. The lowest BCUT2D eigenvalue weighted by molar-refractivity contribution is -0.142. The lowest BCUT2D eigenvalue weighted by Crippen LogP contribution is -2.61. The van der Waals surface area contributed by atoms with Crippen LogP contribution >= 0.6 is 0 Å². The Hall–Kier alpha value is -0.570. The van der Waals surface area contributed by atoms with Gasteiger partial charge >= 0.3 is 0 Å². The molecule has 2 aliphatic heterocycles. The monoisotopic (exact) mass is 376 g/mol. The van der Waals surface area contributed by atoms with E-state index in [2.05, 4.69) is 51.3 Å². The van der Waals surface area contributed by atoms with Gasteiger partial charge in [-0.3, -0.25) is 4.79 Å². The molecular formula is C24H44N2O. The smallest absolute Gasteiger partial charge is 0.225 e. The van der Waals surface area contributed by atoms with Crippen LogP contribution in [0.3, 0.4) is 0 Å². The van der Waals surface area contributed by atoms with Gasteiger partial charge in [0.2, 0.25) is 5.91 Å². The van der Waals surface area contributed by atoms with Crippen molar-refractivity contribution in [2.24, 2.45) is 28.1 Å². The third kappa shape index (κ3) is 5.28. The minimum absolute atomic E-state index is 0.308. The van der Waals surface area contributed by atoms with E-state index in [1.807, 2.05) is 0 Å². The van der Waals surface area contributed by atoms with E-state index in [4.69, 9.17) is 0 Å². The summed E-state index contributed by atoms with van der Waals surface area (Å²) in [6.45, 7) is 19.9. The normalized spacial score (nSPS) is 29.6. The first-order valence-corrected chi connectivity index (χ1v) is 11.5. The van der Waals surface area contributed by atoms with Crippen LogP contribution in [-0.4, -0.2) is 48.4 Å². The minimum atomic E-state index is 0.308. The molecule has 0 bridgehead atoms. The van der Waals surface area contributed by atoms with E-state index in [-0.39, 0.29) is 0 Å². The van der Waals surface area contributed by atoms with Crippen LogP contribution < -0.4 is 0 Å². The lowest BCUT2D eigenvalue weighted by Gasteiger charge is -2.55. The van der Waals surface area contributed by atoms with Crippen LogP contribution in [-0.2, 0) is 4.79 Å². The quantitative estimate of drug-likeness (QED) is 0.676. The van der Waals surface area contributed by atoms with E-state index in [1.54, 1.807) is 0 Å². The van der Waals surface area contributed by atoms with Crippen molar-refractivity contribution in [1.29, 1.82) is 0 Å². The van der Waals surface area contributed by atoms with E-state index < -0.39 is 0 Å². The van der Waals surface area contributed by atoms with Gasteiger partial charge in [0.15, 0.2) is 0 Å². The zero-order chi connectivity index (χ0) is 19.9. The average Bonchev–Trinajstić information content (AvgIpc) is 2.56. The van der Waals surface area contributed by atoms with E-state index in [1.165, 1.54) is 51.7 Å². The molecule has 1 aliphatic carbocycles. The number of carbonyl (C=O) groups excluding carboxylic acids is 1. The molecule has 3 heteroatoms. The Morgan fingerprint density at radius 2 is 1.48 bits per heavy atom. The SMILES string of the molecule is CC(C)(C)CCN1CC2(CCN(C(=O)C3CCC(C(C)(C)C)CC3)CC2)C1. The first-order chi connectivity index (χ1) is 12.5. The minimum Gasteiger partial charge on any atom is -0.342 e. The number of rotatable bonds is 3. The van der Waals surface area contributed by atoms with Gasteiger partial charge < -0.3 is 9.80 Å². The molecule has 0 atom stereocenters. The van der Waals surface area contributed by atoms with E-state index in [0.29, 0.717) is 28.1 Å². The Morgan fingerprint density at radius 3 is 1.96 bits per heavy atom.